The molecule has 1 aromatic carbocycles. The van der Waals surface area contributed by atoms with Crippen molar-refractivity contribution in [2.45, 2.75) is 31.8 Å². The highest BCUT2D eigenvalue weighted by Crippen LogP contribution is 2.34. The smallest absolute Gasteiger partial charge is 0.260 e. The lowest BCUT2D eigenvalue weighted by Gasteiger charge is -2.30. The minimum atomic E-state index is -0.448. The summed E-state index contributed by atoms with van der Waals surface area (Å²) in [6.07, 6.45) is 3.11. The summed E-state index contributed by atoms with van der Waals surface area (Å²) in [5.74, 6) is 1.05. The number of hydrogen-bond acceptors (Lipinski definition) is 5. The molecule has 1 saturated heterocycles. The number of nitrogen functional groups attached to an aromatic ring is 1. The van der Waals surface area contributed by atoms with Gasteiger partial charge in [-0.15, -0.1) is 0 Å². The number of nitrogens with zero attached hydrogens (tertiary/aromatic N) is 2. The molecule has 0 amide bonds. The standard InChI is InChI=1S/C14H16IN3O2/c1-14(6-2-3-7-19-14)13-17-12(20-18-13)10-8-9(15)4-5-11(10)16/h4-5,8H,2-3,6-7,16H2,1H3. The van der Waals surface area contributed by atoms with Gasteiger partial charge in [0.2, 0.25) is 5.82 Å². The second-order valence-corrected chi connectivity index (χ2v) is 6.44. The Morgan fingerprint density at radius 3 is 2.95 bits per heavy atom. The van der Waals surface area contributed by atoms with Gasteiger partial charge in [-0.25, -0.2) is 0 Å². The number of nitrogens with two attached hydrogens (primary N) is 1. The van der Waals surface area contributed by atoms with Crippen molar-refractivity contribution in [1.82, 2.24) is 10.1 Å². The lowest BCUT2D eigenvalue weighted by atomic mass is 9.95. The quantitative estimate of drug-likeness (QED) is 0.634. The summed E-state index contributed by atoms with van der Waals surface area (Å²) in [6.45, 7) is 2.75. The summed E-state index contributed by atoms with van der Waals surface area (Å²) in [4.78, 5) is 4.49. The molecule has 1 unspecified atom stereocenters. The number of benzene rings is 1. The van der Waals surface area contributed by atoms with Gasteiger partial charge in [0.25, 0.3) is 5.89 Å². The van der Waals surface area contributed by atoms with Crippen LogP contribution >= 0.6 is 22.6 Å². The maximum atomic E-state index is 5.98. The zero-order valence-corrected chi connectivity index (χ0v) is 13.4. The van der Waals surface area contributed by atoms with Gasteiger partial charge in [-0.05, 0) is 67.0 Å². The molecule has 1 aromatic heterocycles. The Labute approximate surface area is 131 Å². The van der Waals surface area contributed by atoms with Crippen LogP contribution in [0.3, 0.4) is 0 Å². The summed E-state index contributed by atoms with van der Waals surface area (Å²) in [5.41, 5.74) is 6.94. The summed E-state index contributed by atoms with van der Waals surface area (Å²) in [6, 6.07) is 5.74. The summed E-state index contributed by atoms with van der Waals surface area (Å²) >= 11 is 2.23. The lowest BCUT2D eigenvalue weighted by Crippen LogP contribution is -2.31. The Kier molecular flexibility index (Phi) is 3.68. The molecule has 1 aliphatic rings. The Bertz CT molecular complexity index is 621. The van der Waals surface area contributed by atoms with Crippen LogP contribution in [0.15, 0.2) is 22.7 Å². The molecule has 1 aliphatic heterocycles. The molecule has 2 aromatic rings. The predicted molar refractivity (Wildman–Crippen MR) is 84.0 cm³/mol. The number of hydrogen-bond donors (Lipinski definition) is 1. The minimum absolute atomic E-state index is 0.448. The first-order chi connectivity index (χ1) is 9.58. The number of ether oxygens (including phenoxy) is 1. The molecule has 0 aliphatic carbocycles. The van der Waals surface area contributed by atoms with Gasteiger partial charge in [0, 0.05) is 15.9 Å². The molecule has 2 N–H and O–H groups in total. The monoisotopic (exact) mass is 385 g/mol. The normalized spacial score (nSPS) is 22.9. The molecule has 2 heterocycles. The van der Waals surface area contributed by atoms with Crippen LogP contribution in [-0.4, -0.2) is 16.7 Å². The van der Waals surface area contributed by atoms with Crippen LogP contribution in [0.5, 0.6) is 0 Å². The van der Waals surface area contributed by atoms with Crippen molar-refractivity contribution in [1.29, 1.82) is 0 Å². The maximum absolute atomic E-state index is 5.98. The van der Waals surface area contributed by atoms with Crippen molar-refractivity contribution in [2.75, 3.05) is 12.3 Å². The first kappa shape index (κ1) is 13.8. The van der Waals surface area contributed by atoms with Crippen molar-refractivity contribution >= 4 is 28.3 Å². The minimum Gasteiger partial charge on any atom is -0.398 e. The van der Waals surface area contributed by atoms with Gasteiger partial charge in [-0.2, -0.15) is 4.98 Å². The first-order valence-electron chi connectivity index (χ1n) is 6.62. The fourth-order valence-electron chi connectivity index (χ4n) is 2.37. The third-order valence-corrected chi connectivity index (χ3v) is 4.28. The molecule has 20 heavy (non-hydrogen) atoms. The zero-order valence-electron chi connectivity index (χ0n) is 11.2. The fraction of sp³-hybridized carbons (Fsp3) is 0.429. The fourth-order valence-corrected chi connectivity index (χ4v) is 2.86. The number of aromatic nitrogens is 2. The molecule has 0 spiro atoms. The summed E-state index contributed by atoms with van der Waals surface area (Å²) in [5, 5.41) is 4.09. The topological polar surface area (TPSA) is 74.2 Å². The van der Waals surface area contributed by atoms with Crippen molar-refractivity contribution in [3.8, 4) is 11.5 Å². The molecule has 1 atom stereocenters. The van der Waals surface area contributed by atoms with Gasteiger partial charge >= 0.3 is 0 Å². The molecule has 0 saturated carbocycles. The van der Waals surface area contributed by atoms with E-state index in [1.54, 1.807) is 0 Å². The average Bonchev–Trinajstić information content (AvgIpc) is 2.93. The van der Waals surface area contributed by atoms with Crippen LogP contribution < -0.4 is 5.73 Å². The van der Waals surface area contributed by atoms with Crippen molar-refractivity contribution < 1.29 is 9.26 Å². The Morgan fingerprint density at radius 2 is 2.20 bits per heavy atom. The average molecular weight is 385 g/mol. The summed E-state index contributed by atoms with van der Waals surface area (Å²) in [7, 11) is 0. The molecule has 106 valence electrons. The highest BCUT2D eigenvalue weighted by atomic mass is 127. The first-order valence-corrected chi connectivity index (χ1v) is 7.70. The third kappa shape index (κ3) is 2.54. The van der Waals surface area contributed by atoms with E-state index in [1.165, 1.54) is 0 Å². The van der Waals surface area contributed by atoms with Crippen molar-refractivity contribution in [3.05, 3.63) is 27.6 Å². The van der Waals surface area contributed by atoms with Crippen LogP contribution in [0, 0.1) is 3.57 Å². The highest BCUT2D eigenvalue weighted by Gasteiger charge is 2.35. The SMILES string of the molecule is CC1(c2noc(-c3cc(I)ccc3N)n2)CCCCO1. The molecule has 3 rings (SSSR count). The molecule has 5 nitrogen and oxygen atoms in total. The third-order valence-electron chi connectivity index (χ3n) is 3.61. The largest absolute Gasteiger partial charge is 0.398 e. The van der Waals surface area contributed by atoms with E-state index in [0.29, 0.717) is 17.4 Å². The van der Waals surface area contributed by atoms with Crippen LogP contribution in [-0.2, 0) is 10.3 Å². The van der Waals surface area contributed by atoms with Gasteiger partial charge < -0.3 is 15.0 Å². The van der Waals surface area contributed by atoms with E-state index in [-0.39, 0.29) is 0 Å². The predicted octanol–water partition coefficient (Wildman–Crippen LogP) is 3.34. The number of rotatable bonds is 2. The summed E-state index contributed by atoms with van der Waals surface area (Å²) < 4.78 is 12.3. The molecule has 0 bridgehead atoms. The van der Waals surface area contributed by atoms with Crippen LogP contribution in [0.25, 0.3) is 11.5 Å². The van der Waals surface area contributed by atoms with Crippen LogP contribution in [0.4, 0.5) is 5.69 Å². The van der Waals surface area contributed by atoms with E-state index >= 15 is 0 Å². The van der Waals surface area contributed by atoms with Crippen LogP contribution in [0.1, 0.15) is 32.0 Å². The number of halogens is 1. The van der Waals surface area contributed by atoms with E-state index in [2.05, 4.69) is 32.7 Å². The molecular formula is C14H16IN3O2. The van der Waals surface area contributed by atoms with Gasteiger partial charge in [-0.3, -0.25) is 0 Å². The van der Waals surface area contributed by atoms with Crippen molar-refractivity contribution in [2.24, 2.45) is 0 Å². The van der Waals surface area contributed by atoms with E-state index in [9.17, 15) is 0 Å². The molecule has 6 heteroatoms. The van der Waals surface area contributed by atoms with E-state index in [4.69, 9.17) is 15.0 Å². The Hall–Kier alpha value is -1.15. The highest BCUT2D eigenvalue weighted by molar-refractivity contribution is 14.1. The van der Waals surface area contributed by atoms with E-state index in [0.717, 1.165) is 35.0 Å². The molecule has 0 radical (unpaired) electrons. The maximum Gasteiger partial charge on any atom is 0.260 e. The Balaban J connectivity index is 1.95. The Morgan fingerprint density at radius 1 is 1.35 bits per heavy atom. The van der Waals surface area contributed by atoms with Gasteiger partial charge in [0.1, 0.15) is 5.60 Å². The van der Waals surface area contributed by atoms with Crippen LogP contribution in [0.2, 0.25) is 0 Å². The van der Waals surface area contributed by atoms with Crippen molar-refractivity contribution in [3.63, 3.8) is 0 Å². The van der Waals surface area contributed by atoms with E-state index in [1.807, 2.05) is 25.1 Å². The van der Waals surface area contributed by atoms with E-state index < -0.39 is 5.60 Å². The second-order valence-electron chi connectivity index (χ2n) is 5.19. The second kappa shape index (κ2) is 5.33. The lowest BCUT2D eigenvalue weighted by molar-refractivity contribution is -0.0770. The van der Waals surface area contributed by atoms with Gasteiger partial charge in [0.15, 0.2) is 0 Å². The number of anilines is 1. The molecular weight excluding hydrogens is 369 g/mol. The van der Waals surface area contributed by atoms with Gasteiger partial charge in [0.05, 0.1) is 5.56 Å². The molecule has 1 fully saturated rings. The zero-order chi connectivity index (χ0) is 14.2. The van der Waals surface area contributed by atoms with Gasteiger partial charge in [-0.1, -0.05) is 5.16 Å².